The minimum Gasteiger partial charge on any atom is -0.343 e. The molecule has 1 aliphatic heterocycles. The fraction of sp³-hybridized carbons (Fsp3) is 0.750. The maximum Gasteiger partial charge on any atom is 0.223 e. The quantitative estimate of drug-likeness (QED) is 0.874. The first kappa shape index (κ1) is 16.0. The second-order valence-electron chi connectivity index (χ2n) is 6.17. The van der Waals surface area contributed by atoms with Crippen molar-refractivity contribution < 1.29 is 4.79 Å². The fourth-order valence-electron chi connectivity index (χ4n) is 2.76. The normalized spacial score (nSPS) is 18.5. The highest BCUT2D eigenvalue weighted by Crippen LogP contribution is 2.12. The van der Waals surface area contributed by atoms with Gasteiger partial charge >= 0.3 is 0 Å². The summed E-state index contributed by atoms with van der Waals surface area (Å²) in [6.07, 6.45) is 8.11. The summed E-state index contributed by atoms with van der Waals surface area (Å²) in [5, 5.41) is 7.81. The second-order valence-corrected chi connectivity index (χ2v) is 6.17. The zero-order chi connectivity index (χ0) is 15.2. The van der Waals surface area contributed by atoms with Gasteiger partial charge < -0.3 is 10.2 Å². The minimum atomic E-state index is 0.281. The highest BCUT2D eigenvalue weighted by Gasteiger charge is 2.18. The average Bonchev–Trinajstić information content (AvgIpc) is 2.93. The summed E-state index contributed by atoms with van der Waals surface area (Å²) >= 11 is 0. The van der Waals surface area contributed by atoms with Crippen molar-refractivity contribution in [2.75, 3.05) is 19.6 Å². The van der Waals surface area contributed by atoms with Crippen LogP contribution in [-0.4, -0.2) is 46.3 Å². The molecule has 1 fully saturated rings. The van der Waals surface area contributed by atoms with Crippen molar-refractivity contribution in [1.82, 2.24) is 20.0 Å². The molecule has 118 valence electrons. The van der Waals surface area contributed by atoms with Crippen LogP contribution in [0.15, 0.2) is 12.4 Å². The van der Waals surface area contributed by atoms with Crippen LogP contribution < -0.4 is 5.32 Å². The molecule has 1 aromatic heterocycles. The van der Waals surface area contributed by atoms with E-state index in [-0.39, 0.29) is 11.9 Å². The summed E-state index contributed by atoms with van der Waals surface area (Å²) in [5.74, 6) is 0.289. The Morgan fingerprint density at radius 2 is 2.05 bits per heavy atom. The third kappa shape index (κ3) is 4.56. The number of amides is 1. The van der Waals surface area contributed by atoms with Crippen LogP contribution in [0, 0.1) is 6.92 Å². The maximum absolute atomic E-state index is 12.1. The molecule has 1 aliphatic rings. The number of hydrogen-bond donors (Lipinski definition) is 1. The van der Waals surface area contributed by atoms with E-state index in [4.69, 9.17) is 0 Å². The zero-order valence-electron chi connectivity index (χ0n) is 13.5. The number of hydrogen-bond acceptors (Lipinski definition) is 3. The van der Waals surface area contributed by atoms with E-state index in [1.54, 1.807) is 0 Å². The molecule has 0 radical (unpaired) electrons. The van der Waals surface area contributed by atoms with Crippen LogP contribution >= 0.6 is 0 Å². The van der Waals surface area contributed by atoms with E-state index >= 15 is 0 Å². The number of nitrogens with zero attached hydrogens (tertiary/aromatic N) is 3. The lowest BCUT2D eigenvalue weighted by Crippen LogP contribution is -2.39. The number of nitrogens with one attached hydrogen (secondary N) is 1. The molecule has 2 heterocycles. The highest BCUT2D eigenvalue weighted by molar-refractivity contribution is 5.76. The molecule has 0 aliphatic carbocycles. The molecule has 0 aromatic carbocycles. The Hall–Kier alpha value is -1.36. The highest BCUT2D eigenvalue weighted by atomic mass is 16.2. The number of piperidine rings is 1. The van der Waals surface area contributed by atoms with Crippen molar-refractivity contribution in [1.29, 1.82) is 0 Å². The number of rotatable bonds is 6. The van der Waals surface area contributed by atoms with Gasteiger partial charge in [0.2, 0.25) is 5.91 Å². The average molecular weight is 292 g/mol. The third-order valence-electron chi connectivity index (χ3n) is 4.39. The Morgan fingerprint density at radius 3 is 2.67 bits per heavy atom. The van der Waals surface area contributed by atoms with E-state index in [0.717, 1.165) is 32.5 Å². The first-order valence-electron chi connectivity index (χ1n) is 8.10. The molecule has 0 saturated carbocycles. The predicted octanol–water partition coefficient (Wildman–Crippen LogP) is 2.13. The van der Waals surface area contributed by atoms with E-state index in [9.17, 15) is 4.79 Å². The number of aryl methyl sites for hydroxylation is 1. The van der Waals surface area contributed by atoms with Crippen LogP contribution in [0.3, 0.4) is 0 Å². The van der Waals surface area contributed by atoms with Crippen molar-refractivity contribution in [3.63, 3.8) is 0 Å². The predicted molar refractivity (Wildman–Crippen MR) is 84.2 cm³/mol. The van der Waals surface area contributed by atoms with E-state index in [1.165, 1.54) is 12.0 Å². The molecule has 21 heavy (non-hydrogen) atoms. The molecule has 2 rings (SSSR count). The standard InChI is InChI=1S/C16H28N4O/c1-13-11-18-20(12-13)15(3)14(2)17-8-7-16(21)19-9-5-4-6-10-19/h11-12,14-15,17H,4-10H2,1-3H3/t14-,15-/m0/s1. The summed E-state index contributed by atoms with van der Waals surface area (Å²) < 4.78 is 1.99. The van der Waals surface area contributed by atoms with Gasteiger partial charge in [-0.05, 0) is 45.6 Å². The molecule has 2 atom stereocenters. The molecule has 1 aromatic rings. The van der Waals surface area contributed by atoms with Crippen LogP contribution in [0.5, 0.6) is 0 Å². The lowest BCUT2D eigenvalue weighted by Gasteiger charge is -2.27. The number of aromatic nitrogens is 2. The van der Waals surface area contributed by atoms with Gasteiger partial charge in [0.25, 0.3) is 0 Å². The Bertz CT molecular complexity index is 451. The van der Waals surface area contributed by atoms with Gasteiger partial charge in [-0.2, -0.15) is 5.10 Å². The van der Waals surface area contributed by atoms with E-state index in [1.807, 2.05) is 22.7 Å². The Morgan fingerprint density at radius 1 is 1.33 bits per heavy atom. The molecule has 1 saturated heterocycles. The largest absolute Gasteiger partial charge is 0.343 e. The van der Waals surface area contributed by atoms with Crippen LogP contribution in [0.4, 0.5) is 0 Å². The lowest BCUT2D eigenvalue weighted by atomic mass is 10.1. The zero-order valence-corrected chi connectivity index (χ0v) is 13.5. The van der Waals surface area contributed by atoms with Gasteiger partial charge in [0.05, 0.1) is 12.2 Å². The van der Waals surface area contributed by atoms with Crippen LogP contribution in [0.25, 0.3) is 0 Å². The molecule has 0 spiro atoms. The molecular formula is C16H28N4O. The van der Waals surface area contributed by atoms with Gasteiger partial charge in [-0.15, -0.1) is 0 Å². The SMILES string of the molecule is Cc1cnn([C@@H](C)[C@H](C)NCCC(=O)N2CCCCC2)c1. The molecule has 0 bridgehead atoms. The molecule has 5 heteroatoms. The monoisotopic (exact) mass is 292 g/mol. The van der Waals surface area contributed by atoms with Crippen molar-refractivity contribution in [3.05, 3.63) is 18.0 Å². The van der Waals surface area contributed by atoms with E-state index in [2.05, 4.69) is 30.5 Å². The summed E-state index contributed by atoms with van der Waals surface area (Å²) in [7, 11) is 0. The summed E-state index contributed by atoms with van der Waals surface area (Å²) in [4.78, 5) is 14.1. The van der Waals surface area contributed by atoms with Crippen molar-refractivity contribution in [2.24, 2.45) is 0 Å². The Balaban J connectivity index is 1.71. The molecule has 1 N–H and O–H groups in total. The Labute approximate surface area is 127 Å². The van der Waals surface area contributed by atoms with Gasteiger partial charge in [0.1, 0.15) is 0 Å². The first-order valence-corrected chi connectivity index (χ1v) is 8.10. The molecule has 1 amide bonds. The minimum absolute atomic E-state index is 0.281. The van der Waals surface area contributed by atoms with Crippen LogP contribution in [0.2, 0.25) is 0 Å². The van der Waals surface area contributed by atoms with Crippen molar-refractivity contribution in [2.45, 2.75) is 58.5 Å². The van der Waals surface area contributed by atoms with Crippen molar-refractivity contribution >= 4 is 5.91 Å². The van der Waals surface area contributed by atoms with Gasteiger partial charge in [-0.25, -0.2) is 0 Å². The van der Waals surface area contributed by atoms with Crippen LogP contribution in [-0.2, 0) is 4.79 Å². The maximum atomic E-state index is 12.1. The van der Waals surface area contributed by atoms with Gasteiger partial charge in [0, 0.05) is 38.3 Å². The molecular weight excluding hydrogens is 264 g/mol. The lowest BCUT2D eigenvalue weighted by molar-refractivity contribution is -0.132. The third-order valence-corrected chi connectivity index (χ3v) is 4.39. The Kier molecular flexibility index (Phi) is 5.79. The fourth-order valence-corrected chi connectivity index (χ4v) is 2.76. The molecule has 5 nitrogen and oxygen atoms in total. The first-order chi connectivity index (χ1) is 10.1. The van der Waals surface area contributed by atoms with Gasteiger partial charge in [0.15, 0.2) is 0 Å². The van der Waals surface area contributed by atoms with E-state index < -0.39 is 0 Å². The number of likely N-dealkylation sites (tertiary alicyclic amines) is 1. The second kappa shape index (κ2) is 7.59. The van der Waals surface area contributed by atoms with Crippen LogP contribution in [0.1, 0.15) is 51.1 Å². The number of carbonyl (C=O) groups is 1. The van der Waals surface area contributed by atoms with Gasteiger partial charge in [-0.1, -0.05) is 0 Å². The summed E-state index contributed by atoms with van der Waals surface area (Å²) in [5.41, 5.74) is 1.18. The van der Waals surface area contributed by atoms with E-state index in [0.29, 0.717) is 12.5 Å². The topological polar surface area (TPSA) is 50.2 Å². The summed E-state index contributed by atoms with van der Waals surface area (Å²) in [6.45, 7) is 8.96. The van der Waals surface area contributed by atoms with Gasteiger partial charge in [-0.3, -0.25) is 9.48 Å². The summed E-state index contributed by atoms with van der Waals surface area (Å²) in [6, 6.07) is 0.572. The smallest absolute Gasteiger partial charge is 0.223 e. The van der Waals surface area contributed by atoms with Crippen molar-refractivity contribution in [3.8, 4) is 0 Å². The number of carbonyl (C=O) groups excluding carboxylic acids is 1. The molecule has 0 unspecified atom stereocenters.